The molecular formula is C15H17NO3S. The van der Waals surface area contributed by atoms with Crippen LogP contribution in [0.2, 0.25) is 0 Å². The average molecular weight is 291 g/mol. The third-order valence-electron chi connectivity index (χ3n) is 3.08. The lowest BCUT2D eigenvalue weighted by atomic mass is 9.98. The van der Waals surface area contributed by atoms with Gasteiger partial charge in [0.1, 0.15) is 6.10 Å². The molecule has 2 rings (SSSR count). The number of rotatable bonds is 5. The van der Waals surface area contributed by atoms with Crippen molar-refractivity contribution in [2.75, 3.05) is 5.75 Å². The largest absolute Gasteiger partial charge is 0.390 e. The Labute approximate surface area is 121 Å². The number of aliphatic hydroxyl groups is 2. The number of carbonyl (C=O) groups is 1. The Kier molecular flexibility index (Phi) is 5.11. The van der Waals surface area contributed by atoms with Gasteiger partial charge in [-0.05, 0) is 24.1 Å². The molecule has 0 saturated heterocycles. The first-order valence-corrected chi connectivity index (χ1v) is 7.41. The van der Waals surface area contributed by atoms with E-state index in [2.05, 4.69) is 4.98 Å². The summed E-state index contributed by atoms with van der Waals surface area (Å²) >= 11 is 1.15. The van der Waals surface area contributed by atoms with Crippen LogP contribution in [0.3, 0.4) is 0 Å². The molecule has 0 amide bonds. The Morgan fingerprint density at radius 3 is 2.85 bits per heavy atom. The van der Waals surface area contributed by atoms with E-state index in [1.165, 1.54) is 6.92 Å². The molecule has 20 heavy (non-hydrogen) atoms. The van der Waals surface area contributed by atoms with E-state index in [-0.39, 0.29) is 5.12 Å². The van der Waals surface area contributed by atoms with E-state index in [4.69, 9.17) is 0 Å². The topological polar surface area (TPSA) is 70.4 Å². The van der Waals surface area contributed by atoms with Gasteiger partial charge >= 0.3 is 0 Å². The molecule has 2 atom stereocenters. The van der Waals surface area contributed by atoms with Crippen LogP contribution in [0.15, 0.2) is 36.5 Å². The van der Waals surface area contributed by atoms with E-state index in [9.17, 15) is 15.0 Å². The first kappa shape index (κ1) is 15.0. The van der Waals surface area contributed by atoms with Crippen LogP contribution in [-0.2, 0) is 4.79 Å². The third kappa shape index (κ3) is 3.56. The van der Waals surface area contributed by atoms with E-state index in [0.717, 1.165) is 22.7 Å². The molecule has 0 radical (unpaired) electrons. The van der Waals surface area contributed by atoms with E-state index < -0.39 is 12.2 Å². The Morgan fingerprint density at radius 1 is 1.30 bits per heavy atom. The second-order valence-electron chi connectivity index (χ2n) is 4.56. The van der Waals surface area contributed by atoms with Crippen molar-refractivity contribution in [3.63, 3.8) is 0 Å². The number of hydrogen-bond acceptors (Lipinski definition) is 5. The maximum absolute atomic E-state index is 10.9. The molecule has 0 aliphatic rings. The number of pyridine rings is 1. The molecule has 5 heteroatoms. The van der Waals surface area contributed by atoms with Gasteiger partial charge < -0.3 is 10.2 Å². The summed E-state index contributed by atoms with van der Waals surface area (Å²) in [7, 11) is 0. The number of aromatic nitrogens is 1. The average Bonchev–Trinajstić information content (AvgIpc) is 2.45. The Balaban J connectivity index is 2.14. The van der Waals surface area contributed by atoms with Gasteiger partial charge in [0.2, 0.25) is 0 Å². The van der Waals surface area contributed by atoms with Crippen molar-refractivity contribution in [2.45, 2.75) is 25.6 Å². The minimum absolute atomic E-state index is 0.0149. The lowest BCUT2D eigenvalue weighted by Crippen LogP contribution is -2.19. The number of hydrogen-bond donors (Lipinski definition) is 2. The van der Waals surface area contributed by atoms with Crippen LogP contribution in [0.4, 0.5) is 0 Å². The van der Waals surface area contributed by atoms with Crippen LogP contribution < -0.4 is 0 Å². The normalized spacial score (nSPS) is 14.2. The molecule has 4 nitrogen and oxygen atoms in total. The van der Waals surface area contributed by atoms with Crippen molar-refractivity contribution in [3.05, 3.63) is 42.1 Å². The van der Waals surface area contributed by atoms with Crippen molar-refractivity contribution in [3.8, 4) is 0 Å². The molecule has 1 aromatic heterocycles. The van der Waals surface area contributed by atoms with E-state index in [1.807, 2.05) is 18.2 Å². The summed E-state index contributed by atoms with van der Waals surface area (Å²) in [5.74, 6) is 0.497. The fourth-order valence-electron chi connectivity index (χ4n) is 2.07. The summed E-state index contributed by atoms with van der Waals surface area (Å²) in [6.45, 7) is 1.49. The van der Waals surface area contributed by atoms with Crippen LogP contribution in [0.5, 0.6) is 0 Å². The summed E-state index contributed by atoms with van der Waals surface area (Å²) in [5, 5.41) is 21.2. The van der Waals surface area contributed by atoms with E-state index in [1.54, 1.807) is 18.3 Å². The van der Waals surface area contributed by atoms with Crippen LogP contribution in [0.1, 0.15) is 25.0 Å². The molecule has 1 aromatic carbocycles. The van der Waals surface area contributed by atoms with Crippen LogP contribution in [0, 0.1) is 0 Å². The Bertz CT molecular complexity index is 597. The predicted octanol–water partition coefficient (Wildman–Crippen LogP) is 2.30. The minimum Gasteiger partial charge on any atom is -0.390 e. The van der Waals surface area contributed by atoms with Gasteiger partial charge in [-0.3, -0.25) is 9.78 Å². The van der Waals surface area contributed by atoms with Crippen molar-refractivity contribution in [1.82, 2.24) is 4.98 Å². The second-order valence-corrected chi connectivity index (χ2v) is 5.83. The lowest BCUT2D eigenvalue weighted by Gasteiger charge is -2.19. The van der Waals surface area contributed by atoms with Crippen molar-refractivity contribution >= 4 is 27.8 Å². The molecule has 0 fully saturated rings. The molecule has 0 spiro atoms. The van der Waals surface area contributed by atoms with Gasteiger partial charge in [-0.15, -0.1) is 0 Å². The van der Waals surface area contributed by atoms with Crippen molar-refractivity contribution in [2.24, 2.45) is 0 Å². The minimum atomic E-state index is -0.976. The summed E-state index contributed by atoms with van der Waals surface area (Å²) in [6, 6.07) is 9.14. The predicted molar refractivity (Wildman–Crippen MR) is 80.5 cm³/mol. The van der Waals surface area contributed by atoms with Crippen LogP contribution in [-0.4, -0.2) is 32.2 Å². The zero-order chi connectivity index (χ0) is 14.5. The molecule has 0 aliphatic heterocycles. The van der Waals surface area contributed by atoms with E-state index >= 15 is 0 Å². The lowest BCUT2D eigenvalue weighted by molar-refractivity contribution is -0.109. The highest BCUT2D eigenvalue weighted by Crippen LogP contribution is 2.26. The van der Waals surface area contributed by atoms with Crippen LogP contribution in [0.25, 0.3) is 10.9 Å². The molecular weight excluding hydrogens is 274 g/mol. The monoisotopic (exact) mass is 291 g/mol. The van der Waals surface area contributed by atoms with Gasteiger partial charge in [0.15, 0.2) is 5.12 Å². The SMILES string of the molecule is CC(=O)SCCC(O)C(O)c1cccc2ncccc12. The first-order valence-electron chi connectivity index (χ1n) is 6.42. The molecule has 2 unspecified atom stereocenters. The highest BCUT2D eigenvalue weighted by Gasteiger charge is 2.20. The van der Waals surface area contributed by atoms with Crippen molar-refractivity contribution < 1.29 is 15.0 Å². The molecule has 0 bridgehead atoms. The Hall–Kier alpha value is -1.43. The fraction of sp³-hybridized carbons (Fsp3) is 0.333. The molecule has 2 N–H and O–H groups in total. The molecule has 0 aliphatic carbocycles. The number of fused-ring (bicyclic) bond motifs is 1. The summed E-state index contributed by atoms with van der Waals surface area (Å²) < 4.78 is 0. The van der Waals surface area contributed by atoms with Gasteiger partial charge in [-0.2, -0.15) is 0 Å². The molecule has 106 valence electrons. The van der Waals surface area contributed by atoms with Crippen LogP contribution >= 0.6 is 11.8 Å². The maximum Gasteiger partial charge on any atom is 0.185 e. The number of nitrogens with zero attached hydrogens (tertiary/aromatic N) is 1. The summed E-state index contributed by atoms with van der Waals surface area (Å²) in [6.07, 6.45) is 0.184. The quantitative estimate of drug-likeness (QED) is 0.884. The van der Waals surface area contributed by atoms with Gasteiger partial charge in [0.05, 0.1) is 11.6 Å². The highest BCUT2D eigenvalue weighted by molar-refractivity contribution is 8.13. The summed E-state index contributed by atoms with van der Waals surface area (Å²) in [5.41, 5.74) is 1.45. The zero-order valence-electron chi connectivity index (χ0n) is 11.2. The first-order chi connectivity index (χ1) is 9.59. The molecule has 1 heterocycles. The number of benzene rings is 1. The third-order valence-corrected chi connectivity index (χ3v) is 3.93. The standard InChI is InChI=1S/C15H17NO3S/c1-10(17)20-9-7-14(18)15(19)12-4-2-6-13-11(12)5-3-8-16-13/h2-6,8,14-15,18-19H,7,9H2,1H3. The Morgan fingerprint density at radius 2 is 2.10 bits per heavy atom. The highest BCUT2D eigenvalue weighted by atomic mass is 32.2. The number of aliphatic hydroxyl groups excluding tert-OH is 2. The van der Waals surface area contributed by atoms with E-state index in [0.29, 0.717) is 17.7 Å². The zero-order valence-corrected chi connectivity index (χ0v) is 12.0. The maximum atomic E-state index is 10.9. The number of carbonyl (C=O) groups excluding carboxylic acids is 1. The summed E-state index contributed by atoms with van der Waals surface area (Å²) in [4.78, 5) is 15.1. The molecule has 2 aromatic rings. The van der Waals surface area contributed by atoms with Gasteiger partial charge in [-0.25, -0.2) is 0 Å². The van der Waals surface area contributed by atoms with Gasteiger partial charge in [0.25, 0.3) is 0 Å². The second kappa shape index (κ2) is 6.83. The molecule has 0 saturated carbocycles. The fourth-order valence-corrected chi connectivity index (χ4v) is 2.72. The smallest absolute Gasteiger partial charge is 0.185 e. The number of thioether (sulfide) groups is 1. The van der Waals surface area contributed by atoms with Gasteiger partial charge in [-0.1, -0.05) is 30.0 Å². The van der Waals surface area contributed by atoms with Gasteiger partial charge in [0, 0.05) is 24.3 Å². The van der Waals surface area contributed by atoms with Crippen molar-refractivity contribution in [1.29, 1.82) is 0 Å².